The number of fused-ring (bicyclic) bond motifs is 1. The van der Waals surface area contributed by atoms with Crippen LogP contribution in [0.4, 0.5) is 5.69 Å². The molecule has 1 amide bonds. The van der Waals surface area contributed by atoms with Gasteiger partial charge in [-0.25, -0.2) is 0 Å². The lowest BCUT2D eigenvalue weighted by atomic mass is 10.1. The van der Waals surface area contributed by atoms with Gasteiger partial charge in [0, 0.05) is 50.4 Å². The lowest BCUT2D eigenvalue weighted by Gasteiger charge is -2.35. The molecule has 0 bridgehead atoms. The lowest BCUT2D eigenvalue weighted by molar-refractivity contribution is 0.0950. The molecule has 7 heteroatoms. The third-order valence-corrected chi connectivity index (χ3v) is 5.62. The van der Waals surface area contributed by atoms with Gasteiger partial charge in [0.05, 0.1) is 18.2 Å². The molecule has 2 heterocycles. The minimum absolute atomic E-state index is 0.185. The first-order valence-electron chi connectivity index (χ1n) is 10.0. The summed E-state index contributed by atoms with van der Waals surface area (Å²) in [6, 6.07) is 11.6. The second-order valence-electron chi connectivity index (χ2n) is 7.44. The van der Waals surface area contributed by atoms with E-state index in [4.69, 9.17) is 21.1 Å². The average Bonchev–Trinajstić information content (AvgIpc) is 2.99. The molecule has 4 rings (SSSR count). The fourth-order valence-electron chi connectivity index (χ4n) is 3.66. The summed E-state index contributed by atoms with van der Waals surface area (Å²) in [5.41, 5.74) is 2.75. The molecule has 2 aliphatic rings. The molecule has 0 saturated carbocycles. The summed E-state index contributed by atoms with van der Waals surface area (Å²) in [6.07, 6.45) is 0.787. The van der Waals surface area contributed by atoms with E-state index in [9.17, 15) is 4.79 Å². The highest BCUT2D eigenvalue weighted by Crippen LogP contribution is 2.38. The molecule has 0 spiro atoms. The molecular formula is C22H26ClN3O3. The van der Waals surface area contributed by atoms with E-state index in [1.165, 1.54) is 5.69 Å². The van der Waals surface area contributed by atoms with Crippen molar-refractivity contribution in [2.24, 2.45) is 0 Å². The summed E-state index contributed by atoms with van der Waals surface area (Å²) in [5, 5.41) is 3.42. The summed E-state index contributed by atoms with van der Waals surface area (Å²) >= 11 is 6.32. The minimum Gasteiger partial charge on any atom is -0.489 e. The normalized spacial score (nSPS) is 17.0. The van der Waals surface area contributed by atoms with Gasteiger partial charge in [-0.15, -0.1) is 0 Å². The molecule has 2 aromatic carbocycles. The molecule has 0 atom stereocenters. The van der Waals surface area contributed by atoms with E-state index >= 15 is 0 Å². The Morgan fingerprint density at radius 2 is 1.86 bits per heavy atom. The number of carbonyl (C=O) groups excluding carboxylic acids is 1. The smallest absolute Gasteiger partial charge is 0.251 e. The number of ether oxygens (including phenoxy) is 2. The summed E-state index contributed by atoms with van der Waals surface area (Å²) in [4.78, 5) is 17.5. The van der Waals surface area contributed by atoms with Gasteiger partial charge in [-0.3, -0.25) is 4.79 Å². The Morgan fingerprint density at radius 3 is 2.69 bits per heavy atom. The van der Waals surface area contributed by atoms with E-state index in [0.717, 1.165) is 38.2 Å². The molecule has 0 aromatic heterocycles. The third-order valence-electron chi connectivity index (χ3n) is 5.34. The van der Waals surface area contributed by atoms with E-state index in [0.29, 0.717) is 41.8 Å². The molecule has 1 saturated heterocycles. The molecular weight excluding hydrogens is 390 g/mol. The van der Waals surface area contributed by atoms with Crippen molar-refractivity contribution in [1.29, 1.82) is 0 Å². The molecule has 1 fully saturated rings. The van der Waals surface area contributed by atoms with Crippen molar-refractivity contribution < 1.29 is 14.3 Å². The third kappa shape index (κ3) is 4.60. The van der Waals surface area contributed by atoms with Crippen molar-refractivity contribution in [3.8, 4) is 11.5 Å². The van der Waals surface area contributed by atoms with Crippen LogP contribution in [0.1, 0.15) is 22.3 Å². The first-order valence-corrected chi connectivity index (χ1v) is 10.4. The maximum atomic E-state index is 12.8. The predicted octanol–water partition coefficient (Wildman–Crippen LogP) is 3.18. The van der Waals surface area contributed by atoms with Crippen LogP contribution in [0.25, 0.3) is 0 Å². The van der Waals surface area contributed by atoms with Gasteiger partial charge in [0.25, 0.3) is 5.91 Å². The van der Waals surface area contributed by atoms with Crippen LogP contribution in [-0.4, -0.2) is 57.2 Å². The maximum Gasteiger partial charge on any atom is 0.251 e. The van der Waals surface area contributed by atoms with Crippen LogP contribution in [0.5, 0.6) is 11.5 Å². The van der Waals surface area contributed by atoms with Crippen LogP contribution >= 0.6 is 11.6 Å². The number of nitrogens with zero attached hydrogens (tertiary/aromatic N) is 2. The number of para-hydroxylation sites is 1. The Kier molecular flexibility index (Phi) is 6.11. The van der Waals surface area contributed by atoms with E-state index in [2.05, 4.69) is 34.3 Å². The zero-order valence-corrected chi connectivity index (χ0v) is 17.4. The van der Waals surface area contributed by atoms with Gasteiger partial charge in [0.2, 0.25) is 0 Å². The molecule has 1 N–H and O–H groups in total. The van der Waals surface area contributed by atoms with Crippen LogP contribution in [0, 0.1) is 0 Å². The summed E-state index contributed by atoms with van der Waals surface area (Å²) < 4.78 is 11.3. The Morgan fingerprint density at radius 1 is 1.10 bits per heavy atom. The van der Waals surface area contributed by atoms with Gasteiger partial charge in [-0.1, -0.05) is 29.8 Å². The van der Waals surface area contributed by atoms with Crippen LogP contribution in [0.15, 0.2) is 36.4 Å². The number of amides is 1. The average molecular weight is 416 g/mol. The highest BCUT2D eigenvalue weighted by molar-refractivity contribution is 6.32. The fraction of sp³-hybridized carbons (Fsp3) is 0.409. The van der Waals surface area contributed by atoms with Crippen molar-refractivity contribution in [3.05, 3.63) is 52.5 Å². The SMILES string of the molecule is CN1CCN(c2ccccc2CNC(=O)c2cc(Cl)c3c(c2)OCCCO3)CC1. The number of halogens is 1. The minimum atomic E-state index is -0.185. The van der Waals surface area contributed by atoms with Crippen molar-refractivity contribution in [1.82, 2.24) is 10.2 Å². The van der Waals surface area contributed by atoms with Crippen molar-refractivity contribution in [2.45, 2.75) is 13.0 Å². The highest BCUT2D eigenvalue weighted by Gasteiger charge is 2.20. The number of benzene rings is 2. The number of carbonyl (C=O) groups is 1. The largest absolute Gasteiger partial charge is 0.489 e. The Balaban J connectivity index is 1.47. The molecule has 0 unspecified atom stereocenters. The number of piperazine rings is 1. The summed E-state index contributed by atoms with van der Waals surface area (Å²) in [7, 11) is 2.14. The monoisotopic (exact) mass is 415 g/mol. The molecule has 6 nitrogen and oxygen atoms in total. The van der Waals surface area contributed by atoms with Gasteiger partial charge in [0.1, 0.15) is 0 Å². The van der Waals surface area contributed by atoms with Gasteiger partial charge in [0.15, 0.2) is 11.5 Å². The van der Waals surface area contributed by atoms with Crippen LogP contribution < -0.4 is 19.7 Å². The van der Waals surface area contributed by atoms with Crippen LogP contribution in [0.2, 0.25) is 5.02 Å². The first-order chi connectivity index (χ1) is 14.1. The number of likely N-dealkylation sites (N-methyl/N-ethyl adjacent to an activating group) is 1. The van der Waals surface area contributed by atoms with Gasteiger partial charge >= 0.3 is 0 Å². The van der Waals surface area contributed by atoms with Gasteiger partial charge in [-0.05, 0) is 30.8 Å². The van der Waals surface area contributed by atoms with Gasteiger partial charge < -0.3 is 24.6 Å². The number of hydrogen-bond acceptors (Lipinski definition) is 5. The van der Waals surface area contributed by atoms with E-state index in [1.54, 1.807) is 12.1 Å². The standard InChI is InChI=1S/C22H26ClN3O3/c1-25-7-9-26(10-8-25)19-6-3-2-5-16(19)15-24-22(27)17-13-18(23)21-20(14-17)28-11-4-12-29-21/h2-3,5-6,13-14H,4,7-12,15H2,1H3,(H,24,27). The van der Waals surface area contributed by atoms with Crippen molar-refractivity contribution in [3.63, 3.8) is 0 Å². The number of anilines is 1. The van der Waals surface area contributed by atoms with Crippen molar-refractivity contribution in [2.75, 3.05) is 51.3 Å². The van der Waals surface area contributed by atoms with Gasteiger partial charge in [-0.2, -0.15) is 0 Å². The van der Waals surface area contributed by atoms with E-state index < -0.39 is 0 Å². The highest BCUT2D eigenvalue weighted by atomic mass is 35.5. The van der Waals surface area contributed by atoms with E-state index in [-0.39, 0.29) is 5.91 Å². The molecule has 2 aromatic rings. The number of nitrogens with one attached hydrogen (secondary N) is 1. The van der Waals surface area contributed by atoms with Crippen LogP contribution in [0.3, 0.4) is 0 Å². The predicted molar refractivity (Wildman–Crippen MR) is 114 cm³/mol. The fourth-order valence-corrected chi connectivity index (χ4v) is 3.92. The van der Waals surface area contributed by atoms with E-state index in [1.807, 2.05) is 12.1 Å². The zero-order chi connectivity index (χ0) is 20.2. The summed E-state index contributed by atoms with van der Waals surface area (Å²) in [5.74, 6) is 0.856. The Bertz CT molecular complexity index is 882. The second-order valence-corrected chi connectivity index (χ2v) is 7.84. The quantitative estimate of drug-likeness (QED) is 0.831. The molecule has 29 heavy (non-hydrogen) atoms. The zero-order valence-electron chi connectivity index (χ0n) is 16.6. The first kappa shape index (κ1) is 19.9. The number of rotatable bonds is 4. The molecule has 0 aliphatic carbocycles. The van der Waals surface area contributed by atoms with Crippen LogP contribution in [-0.2, 0) is 6.54 Å². The topological polar surface area (TPSA) is 54.0 Å². The second kappa shape index (κ2) is 8.93. The molecule has 2 aliphatic heterocycles. The van der Waals surface area contributed by atoms with Crippen molar-refractivity contribution >= 4 is 23.2 Å². The lowest BCUT2D eigenvalue weighted by Crippen LogP contribution is -2.45. The summed E-state index contributed by atoms with van der Waals surface area (Å²) in [6.45, 7) is 5.60. The Hall–Kier alpha value is -2.44. The molecule has 154 valence electrons. The maximum absolute atomic E-state index is 12.8. The Labute approximate surface area is 176 Å². The number of hydrogen-bond donors (Lipinski definition) is 1. The molecule has 0 radical (unpaired) electrons.